The quantitative estimate of drug-likeness (QED) is 0.0268. The predicted octanol–water partition coefficient (Wildman–Crippen LogP) is 14.3. The van der Waals surface area contributed by atoms with E-state index >= 15 is 0 Å². The van der Waals surface area contributed by atoms with Crippen molar-refractivity contribution in [3.8, 4) is 0 Å². The third-order valence-corrected chi connectivity index (χ3v) is 9.23. The van der Waals surface area contributed by atoms with Crippen LogP contribution in [-0.2, 0) is 28.6 Å². The Morgan fingerprint density at radius 3 is 1.18 bits per heavy atom. The van der Waals surface area contributed by atoms with E-state index in [4.69, 9.17) is 14.2 Å². The summed E-state index contributed by atoms with van der Waals surface area (Å²) in [5.41, 5.74) is 0. The van der Waals surface area contributed by atoms with E-state index < -0.39 is 12.1 Å². The standard InChI is InChI=1S/C49H82O6/c1-4-7-10-13-16-18-20-22-24-26-27-29-31-33-36-39-42-48(51)54-45-46(44-53-47(50)41-38-35-15-12-9-6-3)55-49(52)43-40-37-34-32-30-28-25-23-21-19-17-14-11-8-5-2/h8,11,17,19,23-26,30,32,37,40,46H,4-7,9-10,12-16,18,20-22,27-29,31,33-36,38-39,41-45H2,1-3H3/b11-8-,19-17-,25-23-,26-24-,32-30-,40-37-. The van der Waals surface area contributed by atoms with Crippen molar-refractivity contribution in [2.75, 3.05) is 13.2 Å². The van der Waals surface area contributed by atoms with Gasteiger partial charge in [0.25, 0.3) is 0 Å². The van der Waals surface area contributed by atoms with Crippen LogP contribution in [0.2, 0.25) is 0 Å². The van der Waals surface area contributed by atoms with Crippen LogP contribution in [0.5, 0.6) is 0 Å². The second-order valence-corrected chi connectivity index (χ2v) is 14.6. The van der Waals surface area contributed by atoms with Crippen LogP contribution in [0.1, 0.15) is 201 Å². The maximum Gasteiger partial charge on any atom is 0.310 e. The molecule has 0 saturated heterocycles. The molecule has 0 fully saturated rings. The van der Waals surface area contributed by atoms with Crippen molar-refractivity contribution in [3.05, 3.63) is 72.9 Å². The van der Waals surface area contributed by atoms with E-state index in [9.17, 15) is 14.4 Å². The van der Waals surface area contributed by atoms with E-state index in [0.717, 1.165) is 83.5 Å². The van der Waals surface area contributed by atoms with Gasteiger partial charge >= 0.3 is 17.9 Å². The van der Waals surface area contributed by atoms with Gasteiger partial charge in [0.2, 0.25) is 0 Å². The number of carbonyl (C=O) groups is 3. The van der Waals surface area contributed by atoms with Crippen LogP contribution in [0.3, 0.4) is 0 Å². The SMILES string of the molecule is CC/C=C\C/C=C\C/C=C\C/C=C\C/C=C\CC(=O)OC(COC(=O)CCCCCCCC)COC(=O)CCCCCCC/C=C\CCCCCCCCC. The van der Waals surface area contributed by atoms with Crippen LogP contribution < -0.4 is 0 Å². The summed E-state index contributed by atoms with van der Waals surface area (Å²) in [6.07, 6.45) is 53.6. The molecule has 0 aliphatic carbocycles. The highest BCUT2D eigenvalue weighted by Crippen LogP contribution is 2.12. The lowest BCUT2D eigenvalue weighted by molar-refractivity contribution is -0.166. The molecule has 0 rings (SSSR count). The zero-order chi connectivity index (χ0) is 40.1. The molecule has 0 bridgehead atoms. The number of hydrogen-bond donors (Lipinski definition) is 0. The molecule has 0 aromatic rings. The minimum Gasteiger partial charge on any atom is -0.462 e. The van der Waals surface area contributed by atoms with Crippen LogP contribution in [0.25, 0.3) is 0 Å². The van der Waals surface area contributed by atoms with Crippen molar-refractivity contribution < 1.29 is 28.6 Å². The predicted molar refractivity (Wildman–Crippen MR) is 233 cm³/mol. The summed E-state index contributed by atoms with van der Waals surface area (Å²) in [5, 5.41) is 0. The van der Waals surface area contributed by atoms with E-state index in [1.54, 1.807) is 6.08 Å². The highest BCUT2D eigenvalue weighted by atomic mass is 16.6. The van der Waals surface area contributed by atoms with Gasteiger partial charge in [0.1, 0.15) is 13.2 Å². The number of esters is 3. The van der Waals surface area contributed by atoms with E-state index in [0.29, 0.717) is 12.8 Å². The van der Waals surface area contributed by atoms with Gasteiger partial charge in [-0.2, -0.15) is 0 Å². The minimum atomic E-state index is -0.827. The molecule has 55 heavy (non-hydrogen) atoms. The molecule has 1 unspecified atom stereocenters. The van der Waals surface area contributed by atoms with E-state index in [1.807, 2.05) is 6.08 Å². The zero-order valence-electron chi connectivity index (χ0n) is 35.7. The number of rotatable bonds is 39. The van der Waals surface area contributed by atoms with Gasteiger partial charge in [-0.25, -0.2) is 0 Å². The molecule has 6 heteroatoms. The van der Waals surface area contributed by atoms with E-state index in [-0.39, 0.29) is 31.6 Å². The first kappa shape index (κ1) is 51.9. The Hall–Kier alpha value is -3.15. The van der Waals surface area contributed by atoms with Crippen molar-refractivity contribution in [2.24, 2.45) is 0 Å². The van der Waals surface area contributed by atoms with Gasteiger partial charge in [-0.05, 0) is 70.6 Å². The van der Waals surface area contributed by atoms with Gasteiger partial charge < -0.3 is 14.2 Å². The second-order valence-electron chi connectivity index (χ2n) is 14.6. The van der Waals surface area contributed by atoms with Crippen LogP contribution >= 0.6 is 0 Å². The highest BCUT2D eigenvalue weighted by molar-refractivity contribution is 5.72. The minimum absolute atomic E-state index is 0.0959. The molecule has 0 aliphatic rings. The number of hydrogen-bond acceptors (Lipinski definition) is 6. The summed E-state index contributed by atoms with van der Waals surface area (Å²) < 4.78 is 16.5. The summed E-state index contributed by atoms with van der Waals surface area (Å²) in [6.45, 7) is 6.34. The number of unbranched alkanes of at least 4 members (excludes halogenated alkanes) is 17. The molecule has 0 spiro atoms. The average molecular weight is 767 g/mol. The molecule has 0 N–H and O–H groups in total. The fourth-order valence-corrected chi connectivity index (χ4v) is 5.86. The Morgan fingerprint density at radius 1 is 0.400 bits per heavy atom. The fourth-order valence-electron chi connectivity index (χ4n) is 5.86. The van der Waals surface area contributed by atoms with Crippen molar-refractivity contribution in [2.45, 2.75) is 207 Å². The summed E-state index contributed by atoms with van der Waals surface area (Å²) in [5.74, 6) is -1.07. The topological polar surface area (TPSA) is 78.9 Å². The monoisotopic (exact) mass is 767 g/mol. The van der Waals surface area contributed by atoms with Crippen molar-refractivity contribution in [1.29, 1.82) is 0 Å². The second kappa shape index (κ2) is 43.6. The van der Waals surface area contributed by atoms with Crippen LogP contribution in [0.15, 0.2) is 72.9 Å². The Kier molecular flexibility index (Phi) is 41.1. The molecule has 0 heterocycles. The molecule has 0 aromatic carbocycles. The van der Waals surface area contributed by atoms with Gasteiger partial charge in [0.15, 0.2) is 6.10 Å². The molecule has 0 aromatic heterocycles. The fraction of sp³-hybridized carbons (Fsp3) is 0.694. The smallest absolute Gasteiger partial charge is 0.310 e. The van der Waals surface area contributed by atoms with Crippen molar-refractivity contribution >= 4 is 17.9 Å². The number of allylic oxidation sites excluding steroid dienone is 11. The van der Waals surface area contributed by atoms with Crippen LogP contribution in [0, 0.1) is 0 Å². The number of carbonyl (C=O) groups excluding carboxylic acids is 3. The maximum atomic E-state index is 12.6. The summed E-state index contributed by atoms with van der Waals surface area (Å²) >= 11 is 0. The van der Waals surface area contributed by atoms with Gasteiger partial charge in [-0.15, -0.1) is 0 Å². The Balaban J connectivity index is 4.42. The first-order valence-electron chi connectivity index (χ1n) is 22.4. The Bertz CT molecular complexity index is 1070. The van der Waals surface area contributed by atoms with Crippen LogP contribution in [0.4, 0.5) is 0 Å². The maximum absolute atomic E-state index is 12.6. The molecule has 0 aliphatic heterocycles. The van der Waals surface area contributed by atoms with E-state index in [2.05, 4.69) is 81.5 Å². The van der Waals surface area contributed by atoms with Gasteiger partial charge in [-0.1, -0.05) is 184 Å². The summed E-state index contributed by atoms with van der Waals surface area (Å²) in [4.78, 5) is 37.5. The zero-order valence-corrected chi connectivity index (χ0v) is 35.7. The molecular formula is C49H82O6. The first-order chi connectivity index (χ1) is 27.0. The van der Waals surface area contributed by atoms with Crippen molar-refractivity contribution in [3.63, 3.8) is 0 Å². The average Bonchev–Trinajstić information content (AvgIpc) is 3.18. The molecule has 314 valence electrons. The first-order valence-corrected chi connectivity index (χ1v) is 22.4. The molecule has 0 radical (unpaired) electrons. The molecular weight excluding hydrogens is 685 g/mol. The molecule has 1 atom stereocenters. The third kappa shape index (κ3) is 41.8. The molecule has 0 saturated carbocycles. The molecule has 6 nitrogen and oxygen atoms in total. The summed E-state index contributed by atoms with van der Waals surface area (Å²) in [6, 6.07) is 0. The van der Waals surface area contributed by atoms with Gasteiger partial charge in [0, 0.05) is 12.8 Å². The number of ether oxygens (including phenoxy) is 3. The van der Waals surface area contributed by atoms with Gasteiger partial charge in [0.05, 0.1) is 6.42 Å². The molecule has 0 amide bonds. The summed E-state index contributed by atoms with van der Waals surface area (Å²) in [7, 11) is 0. The van der Waals surface area contributed by atoms with Crippen LogP contribution in [-0.4, -0.2) is 37.2 Å². The van der Waals surface area contributed by atoms with Gasteiger partial charge in [-0.3, -0.25) is 14.4 Å². The third-order valence-electron chi connectivity index (χ3n) is 9.23. The Morgan fingerprint density at radius 2 is 0.764 bits per heavy atom. The largest absolute Gasteiger partial charge is 0.462 e. The normalized spacial score (nSPS) is 12.7. The highest BCUT2D eigenvalue weighted by Gasteiger charge is 2.19. The lowest BCUT2D eigenvalue weighted by atomic mass is 10.1. The van der Waals surface area contributed by atoms with Crippen molar-refractivity contribution in [1.82, 2.24) is 0 Å². The lowest BCUT2D eigenvalue weighted by Crippen LogP contribution is -2.30. The Labute approximate surface area is 338 Å². The lowest BCUT2D eigenvalue weighted by Gasteiger charge is -2.18. The van der Waals surface area contributed by atoms with E-state index in [1.165, 1.54) is 77.0 Å².